The molecule has 0 spiro atoms. The first-order valence-electron chi connectivity index (χ1n) is 15.3. The van der Waals surface area contributed by atoms with Gasteiger partial charge in [-0.15, -0.1) is 0 Å². The number of benzene rings is 2. The molecule has 1 fully saturated rings. The van der Waals surface area contributed by atoms with Crippen LogP contribution in [-0.4, -0.2) is 107 Å². The molecule has 2 aromatic carbocycles. The molecule has 14 heteroatoms. The van der Waals surface area contributed by atoms with Crippen molar-refractivity contribution in [2.45, 2.75) is 81.7 Å². The third-order valence-electron chi connectivity index (χ3n) is 9.45. The van der Waals surface area contributed by atoms with E-state index in [2.05, 4.69) is 37.9 Å². The van der Waals surface area contributed by atoms with Gasteiger partial charge in [0, 0.05) is 44.4 Å². The maximum absolute atomic E-state index is 15.3. The summed E-state index contributed by atoms with van der Waals surface area (Å²) in [6.07, 6.45) is 0.908. The fourth-order valence-corrected chi connectivity index (χ4v) is 6.42. The molecule has 1 saturated heterocycles. The molecule has 0 aromatic heterocycles. The van der Waals surface area contributed by atoms with Gasteiger partial charge in [-0.05, 0) is 63.1 Å². The number of nitrogens with zero attached hydrogens (tertiary/aromatic N) is 2. The van der Waals surface area contributed by atoms with Crippen molar-refractivity contribution >= 4 is 50.0 Å². The number of carbonyl (C=O) groups is 3. The molecular formula is C31H46B4FN3O6. The molecular weight excluding hydrogens is 573 g/mol. The lowest BCUT2D eigenvalue weighted by molar-refractivity contribution is -0.182. The van der Waals surface area contributed by atoms with E-state index in [1.807, 2.05) is 19.1 Å². The van der Waals surface area contributed by atoms with Gasteiger partial charge in [-0.2, -0.15) is 0 Å². The second-order valence-electron chi connectivity index (χ2n) is 14.3. The Balaban J connectivity index is 1.85. The number of carbonyl (C=O) groups excluding carboxylic acids is 3. The zero-order valence-corrected chi connectivity index (χ0v) is 28.4. The van der Waals surface area contributed by atoms with Gasteiger partial charge < -0.3 is 29.6 Å². The second-order valence-corrected chi connectivity index (χ2v) is 14.3. The summed E-state index contributed by atoms with van der Waals surface area (Å²) in [5.74, 6) is -0.514. The number of likely N-dealkylation sites (N-methyl/N-ethyl adjacent to an activating group) is 1. The average molecular weight is 619 g/mol. The fourth-order valence-electron chi connectivity index (χ4n) is 6.42. The van der Waals surface area contributed by atoms with Crippen LogP contribution in [0.2, 0.25) is 5.21 Å². The van der Waals surface area contributed by atoms with E-state index >= 15 is 4.39 Å². The molecule has 1 heterocycles. The maximum Gasteiger partial charge on any atom is 0.235 e. The van der Waals surface area contributed by atoms with Crippen LogP contribution >= 0.6 is 0 Å². The Morgan fingerprint density at radius 3 is 2.29 bits per heavy atom. The molecule has 2 amide bonds. The van der Waals surface area contributed by atoms with Gasteiger partial charge in [-0.25, -0.2) is 4.39 Å². The molecule has 9 nitrogen and oxygen atoms in total. The lowest BCUT2D eigenvalue weighted by atomic mass is 9.30. The Bertz CT molecular complexity index is 1410. The fraction of sp³-hybridized carbons (Fsp3) is 0.516. The summed E-state index contributed by atoms with van der Waals surface area (Å²) in [7, 11) is 7.40. The molecule has 1 aliphatic heterocycles. The van der Waals surface area contributed by atoms with Gasteiger partial charge in [0.05, 0.1) is 22.1 Å². The van der Waals surface area contributed by atoms with Gasteiger partial charge in [-0.1, -0.05) is 24.3 Å². The standard InChI is InChI=1S/C31H46B4FN3O6/c1-20-8-7-9-25(23(20)14-39(19-41)30(33,26(42)37-6)31(34,35)29(32,43)18-40)44-15-22-11-10-21(12-24(22)36)13-38-16-27(2,3)45-28(4,5)17-38/h7-12,18-19,43H,13-17,32-35H2,1-6H3,(H,37,42). The summed E-state index contributed by atoms with van der Waals surface area (Å²) in [5.41, 5.74) is -1.60. The second kappa shape index (κ2) is 13.3. The number of hydrogen-bond donors (Lipinski definition) is 2. The number of hydrogen-bond acceptors (Lipinski definition) is 7. The molecule has 2 N–H and O–H groups in total. The Morgan fingerprint density at radius 2 is 1.76 bits per heavy atom. The van der Waals surface area contributed by atoms with Gasteiger partial charge in [0.15, 0.2) is 7.85 Å². The molecule has 3 rings (SSSR count). The van der Waals surface area contributed by atoms with Gasteiger partial charge in [0.25, 0.3) is 0 Å². The maximum atomic E-state index is 15.3. The average Bonchev–Trinajstić information content (AvgIpc) is 2.93. The highest BCUT2D eigenvalue weighted by atomic mass is 19.1. The topological polar surface area (TPSA) is 108 Å². The van der Waals surface area contributed by atoms with E-state index in [9.17, 15) is 19.5 Å². The van der Waals surface area contributed by atoms with Crippen LogP contribution in [0.5, 0.6) is 5.75 Å². The van der Waals surface area contributed by atoms with Crippen LogP contribution in [0.15, 0.2) is 36.4 Å². The first-order valence-corrected chi connectivity index (χ1v) is 15.3. The quantitative estimate of drug-likeness (QED) is 0.220. The molecule has 240 valence electrons. The van der Waals surface area contributed by atoms with Crippen LogP contribution in [0, 0.1) is 12.7 Å². The summed E-state index contributed by atoms with van der Waals surface area (Å²) >= 11 is 0. The lowest BCUT2D eigenvalue weighted by Gasteiger charge is -2.54. The molecule has 0 radical (unpaired) electrons. The molecule has 45 heavy (non-hydrogen) atoms. The molecule has 1 aliphatic rings. The van der Waals surface area contributed by atoms with Crippen molar-refractivity contribution in [3.63, 3.8) is 0 Å². The van der Waals surface area contributed by atoms with Crippen molar-refractivity contribution in [2.75, 3.05) is 20.1 Å². The molecule has 0 saturated carbocycles. The number of amides is 2. The van der Waals surface area contributed by atoms with E-state index < -0.39 is 22.1 Å². The largest absolute Gasteiger partial charge is 0.488 e. The summed E-state index contributed by atoms with van der Waals surface area (Å²) in [6.45, 7) is 12.0. The molecule has 0 bridgehead atoms. The van der Waals surface area contributed by atoms with E-state index in [1.54, 1.807) is 33.9 Å². The minimum atomic E-state index is -1.95. The summed E-state index contributed by atoms with van der Waals surface area (Å²) in [5, 5.41) is 12.2. The third-order valence-corrected chi connectivity index (χ3v) is 9.45. The normalized spacial score (nSPS) is 19.0. The van der Waals surface area contributed by atoms with Gasteiger partial charge in [0.1, 0.15) is 48.0 Å². The highest BCUT2D eigenvalue weighted by Crippen LogP contribution is 2.43. The van der Waals surface area contributed by atoms with Crippen LogP contribution in [0.1, 0.15) is 49.9 Å². The molecule has 2 unspecified atom stereocenters. The first kappa shape index (κ1) is 36.4. The van der Waals surface area contributed by atoms with Crippen molar-refractivity contribution < 1.29 is 33.4 Å². The highest BCUT2D eigenvalue weighted by Gasteiger charge is 2.58. The Morgan fingerprint density at radius 1 is 1.13 bits per heavy atom. The smallest absolute Gasteiger partial charge is 0.235 e. The third kappa shape index (κ3) is 7.67. The minimum Gasteiger partial charge on any atom is -0.488 e. The number of aliphatic hydroxyl groups is 1. The van der Waals surface area contributed by atoms with Crippen molar-refractivity contribution in [1.29, 1.82) is 0 Å². The monoisotopic (exact) mass is 619 g/mol. The number of halogens is 1. The van der Waals surface area contributed by atoms with Crippen LogP contribution in [0.3, 0.4) is 0 Å². The van der Waals surface area contributed by atoms with E-state index in [1.165, 1.54) is 33.7 Å². The summed E-state index contributed by atoms with van der Waals surface area (Å²) < 4.78 is 27.6. The minimum absolute atomic E-state index is 0.0562. The van der Waals surface area contributed by atoms with Crippen molar-refractivity contribution in [3.05, 3.63) is 64.5 Å². The lowest BCUT2D eigenvalue weighted by Crippen LogP contribution is -2.71. The molecule has 2 atom stereocenters. The van der Waals surface area contributed by atoms with Crippen LogP contribution in [0.4, 0.5) is 4.39 Å². The van der Waals surface area contributed by atoms with Crippen LogP contribution in [-0.2, 0) is 38.8 Å². The zero-order valence-electron chi connectivity index (χ0n) is 28.4. The van der Waals surface area contributed by atoms with Crippen LogP contribution in [0.25, 0.3) is 0 Å². The van der Waals surface area contributed by atoms with E-state index in [0.717, 1.165) is 24.2 Å². The number of aldehydes is 1. The predicted octanol–water partition coefficient (Wildman–Crippen LogP) is -0.961. The Kier molecular flexibility index (Phi) is 10.8. The van der Waals surface area contributed by atoms with E-state index in [4.69, 9.17) is 9.47 Å². The molecule has 2 aromatic rings. The predicted molar refractivity (Wildman–Crippen MR) is 183 cm³/mol. The Hall–Kier alpha value is -3.08. The van der Waals surface area contributed by atoms with E-state index in [-0.39, 0.29) is 30.2 Å². The number of rotatable bonds is 13. The van der Waals surface area contributed by atoms with Gasteiger partial charge in [0.2, 0.25) is 12.3 Å². The SMILES string of the molecule is BC(O)(C=O)C(B)(B)C(B)(C(=O)NC)N(C=O)Cc1c(C)cccc1OCc1ccc(CN2CC(C)(C)OC(C)(C)C2)cc1F. The number of ether oxygens (including phenoxy) is 2. The number of morpholine rings is 1. The van der Waals surface area contributed by atoms with Crippen molar-refractivity contribution in [3.8, 4) is 5.75 Å². The first-order chi connectivity index (χ1) is 20.7. The number of aryl methyl sites for hydroxylation is 1. The Labute approximate surface area is 270 Å². The van der Waals surface area contributed by atoms with Crippen molar-refractivity contribution in [1.82, 2.24) is 15.1 Å². The molecule has 0 aliphatic carbocycles. The van der Waals surface area contributed by atoms with Crippen LogP contribution < -0.4 is 10.1 Å². The van der Waals surface area contributed by atoms with Gasteiger partial charge >= 0.3 is 0 Å². The zero-order chi connectivity index (χ0) is 34.0. The summed E-state index contributed by atoms with van der Waals surface area (Å²) in [4.78, 5) is 41.4. The highest BCUT2D eigenvalue weighted by molar-refractivity contribution is 6.55. The van der Waals surface area contributed by atoms with Crippen molar-refractivity contribution in [2.24, 2.45) is 0 Å². The number of nitrogens with one attached hydrogen (secondary N) is 1. The van der Waals surface area contributed by atoms with E-state index in [0.29, 0.717) is 36.1 Å². The van der Waals surface area contributed by atoms with Gasteiger partial charge in [-0.3, -0.25) is 14.5 Å². The summed E-state index contributed by atoms with van der Waals surface area (Å²) in [6, 6.07) is 10.5.